The molecule has 0 aromatic heterocycles. The van der Waals surface area contributed by atoms with E-state index >= 15 is 0 Å². The van der Waals surface area contributed by atoms with E-state index in [9.17, 15) is 9.59 Å². The average Bonchev–Trinajstić information content (AvgIpc) is 2.65. The van der Waals surface area contributed by atoms with Crippen molar-refractivity contribution in [1.29, 1.82) is 0 Å². The SMILES string of the molecule is COc1ccc(OC)c(NC(=O)CNC(=O)c2ccccc2OC)c1. The highest BCUT2D eigenvalue weighted by Crippen LogP contribution is 2.28. The smallest absolute Gasteiger partial charge is 0.255 e. The zero-order valence-corrected chi connectivity index (χ0v) is 14.3. The number of anilines is 1. The Morgan fingerprint density at radius 1 is 0.920 bits per heavy atom. The molecule has 0 fully saturated rings. The normalized spacial score (nSPS) is 9.88. The van der Waals surface area contributed by atoms with Gasteiger partial charge in [0.05, 0.1) is 39.1 Å². The van der Waals surface area contributed by atoms with E-state index in [1.165, 1.54) is 21.3 Å². The lowest BCUT2D eigenvalue weighted by Gasteiger charge is -2.12. The van der Waals surface area contributed by atoms with Crippen LogP contribution in [-0.2, 0) is 4.79 Å². The van der Waals surface area contributed by atoms with Gasteiger partial charge in [-0.25, -0.2) is 0 Å². The molecular weight excluding hydrogens is 324 g/mol. The van der Waals surface area contributed by atoms with Gasteiger partial charge in [-0.05, 0) is 24.3 Å². The number of ether oxygens (including phenoxy) is 3. The number of hydrogen-bond acceptors (Lipinski definition) is 5. The van der Waals surface area contributed by atoms with E-state index in [2.05, 4.69) is 10.6 Å². The van der Waals surface area contributed by atoms with Crippen LogP contribution in [0.5, 0.6) is 17.2 Å². The van der Waals surface area contributed by atoms with Crippen LogP contribution in [0.3, 0.4) is 0 Å². The van der Waals surface area contributed by atoms with Gasteiger partial charge in [0.2, 0.25) is 5.91 Å². The van der Waals surface area contributed by atoms with Crippen LogP contribution in [-0.4, -0.2) is 39.7 Å². The second-order valence-electron chi connectivity index (χ2n) is 5.00. The first-order chi connectivity index (χ1) is 12.1. The molecule has 2 aromatic carbocycles. The Morgan fingerprint density at radius 2 is 1.64 bits per heavy atom. The van der Waals surface area contributed by atoms with Gasteiger partial charge in [0, 0.05) is 6.07 Å². The summed E-state index contributed by atoms with van der Waals surface area (Å²) in [7, 11) is 4.51. The molecule has 0 spiro atoms. The Kier molecular flexibility index (Phi) is 6.22. The van der Waals surface area contributed by atoms with Crippen molar-refractivity contribution >= 4 is 17.5 Å². The highest BCUT2D eigenvalue weighted by molar-refractivity contribution is 6.01. The maximum Gasteiger partial charge on any atom is 0.255 e. The minimum Gasteiger partial charge on any atom is -0.497 e. The second kappa shape index (κ2) is 8.58. The first-order valence-electron chi connectivity index (χ1n) is 7.52. The first kappa shape index (κ1) is 18.1. The molecule has 0 atom stereocenters. The van der Waals surface area contributed by atoms with Gasteiger partial charge in [-0.3, -0.25) is 9.59 Å². The zero-order valence-electron chi connectivity index (χ0n) is 14.3. The highest BCUT2D eigenvalue weighted by atomic mass is 16.5. The third-order valence-corrected chi connectivity index (χ3v) is 3.44. The van der Waals surface area contributed by atoms with Crippen LogP contribution in [0, 0.1) is 0 Å². The van der Waals surface area contributed by atoms with Crippen molar-refractivity contribution in [3.63, 3.8) is 0 Å². The third-order valence-electron chi connectivity index (χ3n) is 3.44. The molecule has 0 saturated heterocycles. The van der Waals surface area contributed by atoms with Crippen molar-refractivity contribution in [2.45, 2.75) is 0 Å². The van der Waals surface area contributed by atoms with Crippen molar-refractivity contribution in [2.75, 3.05) is 33.2 Å². The van der Waals surface area contributed by atoms with Gasteiger partial charge in [-0.15, -0.1) is 0 Å². The molecule has 0 unspecified atom stereocenters. The van der Waals surface area contributed by atoms with Crippen LogP contribution >= 0.6 is 0 Å². The molecule has 0 aliphatic heterocycles. The Bertz CT molecular complexity index is 761. The maximum atomic E-state index is 12.2. The topological polar surface area (TPSA) is 85.9 Å². The summed E-state index contributed by atoms with van der Waals surface area (Å²) >= 11 is 0. The van der Waals surface area contributed by atoms with Crippen molar-refractivity contribution in [3.05, 3.63) is 48.0 Å². The number of carbonyl (C=O) groups excluding carboxylic acids is 2. The standard InChI is InChI=1S/C18H20N2O5/c1-23-12-8-9-16(25-3)14(10-12)20-17(21)11-19-18(22)13-6-4-5-7-15(13)24-2/h4-10H,11H2,1-3H3,(H,19,22)(H,20,21). The largest absolute Gasteiger partial charge is 0.497 e. The number of hydrogen-bond donors (Lipinski definition) is 2. The zero-order chi connectivity index (χ0) is 18.2. The van der Waals surface area contributed by atoms with Crippen LogP contribution in [0.25, 0.3) is 0 Å². The summed E-state index contributed by atoms with van der Waals surface area (Å²) < 4.78 is 15.5. The lowest BCUT2D eigenvalue weighted by atomic mass is 10.2. The molecule has 2 rings (SSSR count). The number of amides is 2. The van der Waals surface area contributed by atoms with Crippen LogP contribution < -0.4 is 24.8 Å². The molecular formula is C18H20N2O5. The first-order valence-corrected chi connectivity index (χ1v) is 7.52. The number of methoxy groups -OCH3 is 3. The minimum absolute atomic E-state index is 0.197. The van der Waals surface area contributed by atoms with E-state index < -0.39 is 11.8 Å². The molecule has 0 bridgehead atoms. The summed E-state index contributed by atoms with van der Waals surface area (Å²) in [5.74, 6) is 0.717. The molecule has 25 heavy (non-hydrogen) atoms. The van der Waals surface area contributed by atoms with Gasteiger partial charge >= 0.3 is 0 Å². The van der Waals surface area contributed by atoms with Crippen LogP contribution in [0.2, 0.25) is 0 Å². The number of para-hydroxylation sites is 1. The summed E-state index contributed by atoms with van der Waals surface area (Å²) in [5, 5.41) is 5.24. The Hall–Kier alpha value is -3.22. The predicted octanol–water partition coefficient (Wildman–Crippen LogP) is 2.08. The maximum absolute atomic E-state index is 12.2. The fourth-order valence-corrected chi connectivity index (χ4v) is 2.19. The summed E-state index contributed by atoms with van der Waals surface area (Å²) in [6.07, 6.45) is 0. The molecule has 132 valence electrons. The molecule has 7 nitrogen and oxygen atoms in total. The molecule has 2 amide bonds. The average molecular weight is 344 g/mol. The van der Waals surface area contributed by atoms with Crippen molar-refractivity contribution < 1.29 is 23.8 Å². The lowest BCUT2D eigenvalue weighted by Crippen LogP contribution is -2.33. The molecule has 2 aromatic rings. The lowest BCUT2D eigenvalue weighted by molar-refractivity contribution is -0.115. The molecule has 0 aliphatic carbocycles. The van der Waals surface area contributed by atoms with Crippen molar-refractivity contribution in [3.8, 4) is 17.2 Å². The van der Waals surface area contributed by atoms with E-state index in [4.69, 9.17) is 14.2 Å². The van der Waals surface area contributed by atoms with Crippen molar-refractivity contribution in [2.24, 2.45) is 0 Å². The summed E-state index contributed by atoms with van der Waals surface area (Å²) in [5.41, 5.74) is 0.815. The van der Waals surface area contributed by atoms with Crippen LogP contribution in [0.1, 0.15) is 10.4 Å². The molecule has 0 heterocycles. The number of carbonyl (C=O) groups is 2. The van der Waals surface area contributed by atoms with E-state index in [1.54, 1.807) is 42.5 Å². The Morgan fingerprint density at radius 3 is 2.32 bits per heavy atom. The third kappa shape index (κ3) is 4.63. The minimum atomic E-state index is -0.398. The fourth-order valence-electron chi connectivity index (χ4n) is 2.19. The number of rotatable bonds is 7. The Balaban J connectivity index is 2.00. The number of benzene rings is 2. The summed E-state index contributed by atoms with van der Waals surface area (Å²) in [6.45, 7) is -0.197. The quantitative estimate of drug-likeness (QED) is 0.803. The van der Waals surface area contributed by atoms with Gasteiger partial charge < -0.3 is 24.8 Å². The second-order valence-corrected chi connectivity index (χ2v) is 5.00. The van der Waals surface area contributed by atoms with Gasteiger partial charge in [0.1, 0.15) is 17.2 Å². The van der Waals surface area contributed by atoms with Gasteiger partial charge in [-0.2, -0.15) is 0 Å². The Labute approximate surface area is 145 Å². The van der Waals surface area contributed by atoms with Crippen LogP contribution in [0.4, 0.5) is 5.69 Å². The van der Waals surface area contributed by atoms with E-state index in [0.29, 0.717) is 28.5 Å². The summed E-state index contributed by atoms with van der Waals surface area (Å²) in [6, 6.07) is 11.8. The molecule has 2 N–H and O–H groups in total. The monoisotopic (exact) mass is 344 g/mol. The van der Waals surface area contributed by atoms with E-state index in [-0.39, 0.29) is 6.54 Å². The fraction of sp³-hybridized carbons (Fsp3) is 0.222. The van der Waals surface area contributed by atoms with Crippen LogP contribution in [0.15, 0.2) is 42.5 Å². The van der Waals surface area contributed by atoms with E-state index in [0.717, 1.165) is 0 Å². The molecule has 0 aliphatic rings. The highest BCUT2D eigenvalue weighted by Gasteiger charge is 2.14. The number of nitrogens with one attached hydrogen (secondary N) is 2. The predicted molar refractivity (Wildman–Crippen MR) is 93.5 cm³/mol. The van der Waals surface area contributed by atoms with E-state index in [1.807, 2.05) is 0 Å². The summed E-state index contributed by atoms with van der Waals surface area (Å²) in [4.78, 5) is 24.3. The van der Waals surface area contributed by atoms with Gasteiger partial charge in [-0.1, -0.05) is 12.1 Å². The van der Waals surface area contributed by atoms with Gasteiger partial charge in [0.25, 0.3) is 5.91 Å². The van der Waals surface area contributed by atoms with Crippen molar-refractivity contribution in [1.82, 2.24) is 5.32 Å². The molecule has 0 radical (unpaired) electrons. The van der Waals surface area contributed by atoms with Gasteiger partial charge in [0.15, 0.2) is 0 Å². The molecule has 0 saturated carbocycles. The molecule has 7 heteroatoms.